The van der Waals surface area contributed by atoms with E-state index in [4.69, 9.17) is 16.7 Å². The number of hydrogen-bond donors (Lipinski definition) is 2. The zero-order chi connectivity index (χ0) is 15.5. The molecular weight excluding hydrogens is 314 g/mol. The van der Waals surface area contributed by atoms with E-state index in [2.05, 4.69) is 21.7 Å². The fraction of sp³-hybridized carbons (Fsp3) is 0.154. The van der Waals surface area contributed by atoms with Crippen molar-refractivity contribution in [2.24, 2.45) is 7.05 Å². The van der Waals surface area contributed by atoms with Crippen LogP contribution in [-0.2, 0) is 17.1 Å². The molecule has 0 saturated heterocycles. The Morgan fingerprint density at radius 3 is 2.57 bits per heavy atom. The van der Waals surface area contributed by atoms with Crippen LogP contribution in [0.15, 0.2) is 35.5 Å². The van der Waals surface area contributed by atoms with Crippen molar-refractivity contribution in [1.29, 1.82) is 0 Å². The number of sulfonamides is 1. The number of nitrogens with zero attached hydrogens (tertiary/aromatic N) is 2. The Morgan fingerprint density at radius 2 is 2.05 bits per heavy atom. The molecule has 0 fully saturated rings. The van der Waals surface area contributed by atoms with Gasteiger partial charge in [0.05, 0.1) is 11.2 Å². The first kappa shape index (κ1) is 15.4. The summed E-state index contributed by atoms with van der Waals surface area (Å²) in [4.78, 5) is 0. The molecule has 2 aromatic rings. The molecule has 2 N–H and O–H groups in total. The van der Waals surface area contributed by atoms with E-state index in [1.54, 1.807) is 24.3 Å². The van der Waals surface area contributed by atoms with E-state index in [9.17, 15) is 8.42 Å². The summed E-state index contributed by atoms with van der Waals surface area (Å²) < 4.78 is 28.1. The maximum Gasteiger partial charge on any atom is 0.280 e. The van der Waals surface area contributed by atoms with Gasteiger partial charge in [0, 0.05) is 18.3 Å². The van der Waals surface area contributed by atoms with Crippen LogP contribution in [0.1, 0.15) is 5.56 Å². The molecule has 0 radical (unpaired) electrons. The van der Waals surface area contributed by atoms with Crippen LogP contribution < -0.4 is 4.72 Å². The van der Waals surface area contributed by atoms with Gasteiger partial charge in [-0.1, -0.05) is 23.4 Å². The lowest BCUT2D eigenvalue weighted by Gasteiger charge is -2.08. The molecule has 0 bridgehead atoms. The van der Waals surface area contributed by atoms with Crippen molar-refractivity contribution in [2.75, 3.05) is 11.3 Å². The summed E-state index contributed by atoms with van der Waals surface area (Å²) in [6.45, 7) is -0.229. The second-order valence-electron chi connectivity index (χ2n) is 4.06. The Labute approximate surface area is 127 Å². The minimum atomic E-state index is -3.82. The van der Waals surface area contributed by atoms with Crippen molar-refractivity contribution in [3.63, 3.8) is 0 Å². The van der Waals surface area contributed by atoms with E-state index in [1.165, 1.54) is 17.9 Å². The summed E-state index contributed by atoms with van der Waals surface area (Å²) in [6.07, 6.45) is 1.27. The first-order valence-electron chi connectivity index (χ1n) is 5.84. The standard InChI is InChI=1S/C13H12ClN3O3S/c1-17-13(12(14)9-15-17)21(19,20)16-11-6-4-10(5-7-11)3-2-8-18/h4-7,9,16,18H,8H2,1H3. The molecule has 8 heteroatoms. The van der Waals surface area contributed by atoms with Gasteiger partial charge in [-0.3, -0.25) is 9.40 Å². The van der Waals surface area contributed by atoms with Crippen molar-refractivity contribution in [3.05, 3.63) is 41.0 Å². The molecule has 0 atom stereocenters. The Kier molecular flexibility index (Phi) is 4.53. The summed E-state index contributed by atoms with van der Waals surface area (Å²) in [5, 5.41) is 12.4. The Morgan fingerprint density at radius 1 is 1.38 bits per heavy atom. The van der Waals surface area contributed by atoms with Gasteiger partial charge in [0.2, 0.25) is 0 Å². The lowest BCUT2D eigenvalue weighted by molar-refractivity contribution is 0.350. The van der Waals surface area contributed by atoms with Gasteiger partial charge in [0.25, 0.3) is 10.0 Å². The number of aromatic nitrogens is 2. The molecule has 2 rings (SSSR count). The van der Waals surface area contributed by atoms with Gasteiger partial charge in [-0.25, -0.2) is 0 Å². The molecule has 110 valence electrons. The second-order valence-corrected chi connectivity index (χ2v) is 6.07. The van der Waals surface area contributed by atoms with E-state index in [0.717, 1.165) is 0 Å². The summed E-state index contributed by atoms with van der Waals surface area (Å²) in [5.41, 5.74) is 1.05. The average molecular weight is 326 g/mol. The number of aryl methyl sites for hydroxylation is 1. The summed E-state index contributed by atoms with van der Waals surface area (Å²) >= 11 is 5.83. The molecule has 0 amide bonds. The number of aliphatic hydroxyl groups excluding tert-OH is 1. The molecule has 1 aromatic heterocycles. The smallest absolute Gasteiger partial charge is 0.280 e. The van der Waals surface area contributed by atoms with Crippen LogP contribution in [0.5, 0.6) is 0 Å². The third-order valence-corrected chi connectivity index (χ3v) is 4.43. The highest BCUT2D eigenvalue weighted by Gasteiger charge is 2.22. The number of anilines is 1. The van der Waals surface area contributed by atoms with Gasteiger partial charge in [-0.05, 0) is 24.3 Å². The highest BCUT2D eigenvalue weighted by Crippen LogP contribution is 2.22. The summed E-state index contributed by atoms with van der Waals surface area (Å²) in [5.74, 6) is 5.23. The fourth-order valence-corrected chi connectivity index (χ4v) is 3.39. The minimum absolute atomic E-state index is 0.0513. The zero-order valence-corrected chi connectivity index (χ0v) is 12.6. The Hall–Kier alpha value is -2.01. The predicted octanol–water partition coefficient (Wildman–Crippen LogP) is 1.22. The van der Waals surface area contributed by atoms with Gasteiger partial charge in [0.15, 0.2) is 5.03 Å². The molecule has 0 aliphatic rings. The van der Waals surface area contributed by atoms with Crippen molar-refractivity contribution < 1.29 is 13.5 Å². The largest absolute Gasteiger partial charge is 0.384 e. The topological polar surface area (TPSA) is 84.2 Å². The highest BCUT2D eigenvalue weighted by atomic mass is 35.5. The van der Waals surface area contributed by atoms with Gasteiger partial charge >= 0.3 is 0 Å². The summed E-state index contributed by atoms with van der Waals surface area (Å²) in [7, 11) is -2.32. The van der Waals surface area contributed by atoms with Gasteiger partial charge in [-0.2, -0.15) is 13.5 Å². The molecular formula is C13H12ClN3O3S. The van der Waals surface area contributed by atoms with Gasteiger partial charge < -0.3 is 5.11 Å². The maximum atomic E-state index is 12.2. The minimum Gasteiger partial charge on any atom is -0.384 e. The quantitative estimate of drug-likeness (QED) is 0.831. The van der Waals surface area contributed by atoms with Crippen LogP contribution in [0.2, 0.25) is 5.02 Å². The summed E-state index contributed by atoms with van der Waals surface area (Å²) in [6, 6.07) is 6.43. The van der Waals surface area contributed by atoms with Gasteiger partial charge in [-0.15, -0.1) is 0 Å². The maximum absolute atomic E-state index is 12.2. The van der Waals surface area contributed by atoms with Crippen molar-refractivity contribution in [2.45, 2.75) is 5.03 Å². The Balaban J connectivity index is 2.25. The van der Waals surface area contributed by atoms with Crippen molar-refractivity contribution >= 4 is 27.3 Å². The number of rotatable bonds is 3. The van der Waals surface area contributed by atoms with Crippen LogP contribution in [0.3, 0.4) is 0 Å². The molecule has 1 aromatic carbocycles. The Bertz CT molecular complexity index is 782. The molecule has 0 saturated carbocycles. The molecule has 6 nitrogen and oxygen atoms in total. The van der Waals surface area contributed by atoms with Crippen molar-refractivity contribution in [1.82, 2.24) is 9.78 Å². The zero-order valence-electron chi connectivity index (χ0n) is 11.0. The van der Waals surface area contributed by atoms with Crippen LogP contribution in [0.25, 0.3) is 0 Å². The third kappa shape index (κ3) is 3.55. The van der Waals surface area contributed by atoms with E-state index < -0.39 is 10.0 Å². The SMILES string of the molecule is Cn1ncc(Cl)c1S(=O)(=O)Nc1ccc(C#CCO)cc1. The molecule has 0 unspecified atom stereocenters. The van der Waals surface area contributed by atoms with Crippen LogP contribution in [-0.4, -0.2) is 29.9 Å². The van der Waals surface area contributed by atoms with Crippen LogP contribution >= 0.6 is 11.6 Å². The molecule has 0 aliphatic carbocycles. The van der Waals surface area contributed by atoms with Crippen molar-refractivity contribution in [3.8, 4) is 11.8 Å². The monoisotopic (exact) mass is 325 g/mol. The van der Waals surface area contributed by atoms with E-state index in [0.29, 0.717) is 11.3 Å². The first-order valence-corrected chi connectivity index (χ1v) is 7.70. The lowest BCUT2D eigenvalue weighted by Crippen LogP contribution is -2.17. The number of benzene rings is 1. The van der Waals surface area contributed by atoms with E-state index in [1.807, 2.05) is 0 Å². The van der Waals surface area contributed by atoms with E-state index >= 15 is 0 Å². The lowest BCUT2D eigenvalue weighted by atomic mass is 10.2. The average Bonchev–Trinajstić information content (AvgIpc) is 2.77. The van der Waals surface area contributed by atoms with Crippen LogP contribution in [0.4, 0.5) is 5.69 Å². The normalized spacial score (nSPS) is 10.8. The molecule has 0 aliphatic heterocycles. The first-order chi connectivity index (χ1) is 9.94. The molecule has 1 heterocycles. The number of halogens is 1. The number of nitrogens with one attached hydrogen (secondary N) is 1. The van der Waals surface area contributed by atoms with E-state index in [-0.39, 0.29) is 16.7 Å². The van der Waals surface area contributed by atoms with Gasteiger partial charge in [0.1, 0.15) is 6.61 Å². The molecule has 0 spiro atoms. The predicted molar refractivity (Wildman–Crippen MR) is 79.4 cm³/mol. The number of hydrogen-bond acceptors (Lipinski definition) is 4. The number of aliphatic hydroxyl groups is 1. The van der Waals surface area contributed by atoms with Crippen LogP contribution in [0, 0.1) is 11.8 Å². The fourth-order valence-electron chi connectivity index (χ4n) is 1.67. The second kappa shape index (κ2) is 6.18. The highest BCUT2D eigenvalue weighted by molar-refractivity contribution is 7.92. The molecule has 21 heavy (non-hydrogen) atoms. The third-order valence-electron chi connectivity index (χ3n) is 2.55.